The van der Waals surface area contributed by atoms with Gasteiger partial charge in [0.1, 0.15) is 0 Å². The van der Waals surface area contributed by atoms with E-state index in [2.05, 4.69) is 9.71 Å². The van der Waals surface area contributed by atoms with Crippen LogP contribution in [0.1, 0.15) is 11.1 Å². The molecule has 132 valence electrons. The van der Waals surface area contributed by atoms with Crippen molar-refractivity contribution in [3.63, 3.8) is 0 Å². The van der Waals surface area contributed by atoms with Crippen LogP contribution in [0.5, 0.6) is 0 Å². The highest BCUT2D eigenvalue weighted by Gasteiger charge is 2.16. The lowest BCUT2D eigenvalue weighted by molar-refractivity contribution is 0.598. The zero-order valence-electron chi connectivity index (χ0n) is 14.1. The number of hydrogen-bond acceptors (Lipinski definition) is 2. The van der Waals surface area contributed by atoms with Crippen molar-refractivity contribution in [1.29, 1.82) is 0 Å². The van der Waals surface area contributed by atoms with Crippen molar-refractivity contribution in [2.75, 3.05) is 5.32 Å². The van der Waals surface area contributed by atoms with Gasteiger partial charge in [-0.3, -0.25) is 0 Å². The number of hydrogen-bond donors (Lipinski definition) is 1. The Hall–Kier alpha value is -2.63. The summed E-state index contributed by atoms with van der Waals surface area (Å²) in [6, 6.07) is 22.7. The Labute approximate surface area is 158 Å². The highest BCUT2D eigenvalue weighted by atomic mass is 35.5. The fourth-order valence-corrected chi connectivity index (χ4v) is 3.48. The van der Waals surface area contributed by atoms with Crippen LogP contribution < -0.4 is 5.32 Å². The third-order valence-corrected chi connectivity index (χ3v) is 5.32. The minimum atomic E-state index is -3.87. The summed E-state index contributed by atoms with van der Waals surface area (Å²) in [6.45, 7) is 1.90. The van der Waals surface area contributed by atoms with Crippen molar-refractivity contribution < 1.29 is 8.42 Å². The van der Waals surface area contributed by atoms with Crippen molar-refractivity contribution in [2.45, 2.75) is 11.8 Å². The Morgan fingerprint density at radius 1 is 0.885 bits per heavy atom. The minimum Gasteiger partial charge on any atom is -0.338 e. The van der Waals surface area contributed by atoms with Gasteiger partial charge in [0.05, 0.1) is 15.6 Å². The molecule has 0 amide bonds. The van der Waals surface area contributed by atoms with Gasteiger partial charge < -0.3 is 5.32 Å². The van der Waals surface area contributed by atoms with E-state index in [9.17, 15) is 8.42 Å². The monoisotopic (exact) mass is 384 g/mol. The molecule has 3 rings (SSSR count). The molecule has 0 atom stereocenters. The van der Waals surface area contributed by atoms with Crippen molar-refractivity contribution in [3.8, 4) is 0 Å². The lowest BCUT2D eigenvalue weighted by Gasteiger charge is -2.12. The van der Waals surface area contributed by atoms with Crippen molar-refractivity contribution in [1.82, 2.24) is 0 Å². The Morgan fingerprint density at radius 3 is 2.15 bits per heavy atom. The fourth-order valence-electron chi connectivity index (χ4n) is 2.32. The van der Waals surface area contributed by atoms with E-state index in [1.165, 1.54) is 0 Å². The molecule has 0 unspecified atom stereocenters. The van der Waals surface area contributed by atoms with Gasteiger partial charge in [0.2, 0.25) is 0 Å². The van der Waals surface area contributed by atoms with Crippen LogP contribution >= 0.6 is 11.6 Å². The molecule has 0 spiro atoms. The summed E-state index contributed by atoms with van der Waals surface area (Å²) in [5.41, 5.74) is 2.20. The van der Waals surface area contributed by atoms with Gasteiger partial charge in [-0.1, -0.05) is 71.8 Å². The maximum absolute atomic E-state index is 12.7. The number of amidine groups is 1. The van der Waals surface area contributed by atoms with E-state index in [4.69, 9.17) is 11.6 Å². The second kappa shape index (κ2) is 7.72. The largest absolute Gasteiger partial charge is 0.338 e. The number of benzene rings is 3. The third kappa shape index (κ3) is 4.31. The van der Waals surface area contributed by atoms with Crippen LogP contribution in [0.25, 0.3) is 0 Å². The molecule has 4 nitrogen and oxygen atoms in total. The molecule has 0 radical (unpaired) electrons. The lowest BCUT2D eigenvalue weighted by atomic mass is 10.2. The summed E-state index contributed by atoms with van der Waals surface area (Å²) < 4.78 is 29.5. The Balaban J connectivity index is 2.07. The molecule has 0 saturated carbocycles. The summed E-state index contributed by atoms with van der Waals surface area (Å²) in [5.74, 6) is 0.208. The minimum absolute atomic E-state index is 0.137. The molecule has 0 bridgehead atoms. The number of para-hydroxylation sites is 1. The van der Waals surface area contributed by atoms with Crippen LogP contribution in [0, 0.1) is 6.92 Å². The molecule has 0 aliphatic rings. The smallest absolute Gasteiger partial charge is 0.284 e. The summed E-state index contributed by atoms with van der Waals surface area (Å²) in [4.78, 5) is 0.137. The second-order valence-corrected chi connectivity index (χ2v) is 7.71. The lowest BCUT2D eigenvalue weighted by Crippen LogP contribution is -2.16. The summed E-state index contributed by atoms with van der Waals surface area (Å²) in [6.07, 6.45) is 0. The van der Waals surface area contributed by atoms with Gasteiger partial charge in [0, 0.05) is 5.56 Å². The number of rotatable bonds is 4. The fraction of sp³-hybridized carbons (Fsp3) is 0.0500. The average Bonchev–Trinajstić information content (AvgIpc) is 2.64. The van der Waals surface area contributed by atoms with Crippen LogP contribution in [0.4, 0.5) is 5.69 Å². The van der Waals surface area contributed by atoms with Crippen LogP contribution in [-0.4, -0.2) is 14.3 Å². The van der Waals surface area contributed by atoms with Gasteiger partial charge in [-0.25, -0.2) is 0 Å². The molecule has 26 heavy (non-hydrogen) atoms. The van der Waals surface area contributed by atoms with E-state index < -0.39 is 10.0 Å². The average molecular weight is 385 g/mol. The van der Waals surface area contributed by atoms with Gasteiger partial charge in [-0.05, 0) is 31.2 Å². The molecule has 0 aromatic heterocycles. The first-order valence-corrected chi connectivity index (χ1v) is 9.76. The van der Waals surface area contributed by atoms with E-state index in [0.717, 1.165) is 5.56 Å². The predicted molar refractivity (Wildman–Crippen MR) is 106 cm³/mol. The zero-order valence-corrected chi connectivity index (χ0v) is 15.6. The van der Waals surface area contributed by atoms with Crippen molar-refractivity contribution >= 4 is 33.1 Å². The Bertz CT molecular complexity index is 1030. The van der Waals surface area contributed by atoms with Crippen molar-refractivity contribution in [3.05, 3.63) is 95.0 Å². The molecule has 0 aliphatic carbocycles. The molecule has 0 heterocycles. The van der Waals surface area contributed by atoms with E-state index in [1.54, 1.807) is 54.6 Å². The Morgan fingerprint density at radius 2 is 1.50 bits per heavy atom. The van der Waals surface area contributed by atoms with Crippen LogP contribution in [-0.2, 0) is 10.0 Å². The second-order valence-electron chi connectivity index (χ2n) is 5.70. The van der Waals surface area contributed by atoms with E-state index in [0.29, 0.717) is 16.3 Å². The first-order chi connectivity index (χ1) is 12.5. The number of anilines is 1. The van der Waals surface area contributed by atoms with Gasteiger partial charge in [-0.15, -0.1) is 4.40 Å². The van der Waals surface area contributed by atoms with Crippen LogP contribution in [0.3, 0.4) is 0 Å². The Kier molecular flexibility index (Phi) is 5.40. The number of nitrogens with zero attached hydrogens (tertiary/aromatic N) is 1. The topological polar surface area (TPSA) is 58.5 Å². The molecule has 1 N–H and O–H groups in total. The van der Waals surface area contributed by atoms with E-state index in [1.807, 2.05) is 31.2 Å². The van der Waals surface area contributed by atoms with Crippen LogP contribution in [0.2, 0.25) is 5.02 Å². The molecular formula is C20H17ClN2O2S. The van der Waals surface area contributed by atoms with Gasteiger partial charge in [0.25, 0.3) is 10.0 Å². The first-order valence-electron chi connectivity index (χ1n) is 7.94. The molecule has 0 saturated heterocycles. The third-order valence-electron chi connectivity index (χ3n) is 3.70. The molecule has 3 aromatic carbocycles. The molecule has 0 fully saturated rings. The summed E-state index contributed by atoms with van der Waals surface area (Å²) in [5, 5.41) is 3.52. The molecule has 6 heteroatoms. The van der Waals surface area contributed by atoms with Gasteiger partial charge in [-0.2, -0.15) is 8.42 Å². The number of sulfonamides is 1. The van der Waals surface area contributed by atoms with Crippen LogP contribution in [0.15, 0.2) is 88.2 Å². The van der Waals surface area contributed by atoms with Gasteiger partial charge >= 0.3 is 0 Å². The molecule has 3 aromatic rings. The standard InChI is InChI=1S/C20H17ClN2O2S/c1-15-11-13-17(14-12-15)26(24,25)23-20(16-7-3-2-4-8-16)22-19-10-6-5-9-18(19)21/h2-14H,1H3,(H,22,23). The normalized spacial score (nSPS) is 12.0. The van der Waals surface area contributed by atoms with E-state index >= 15 is 0 Å². The summed E-state index contributed by atoms with van der Waals surface area (Å²) in [7, 11) is -3.87. The number of aryl methyl sites for hydroxylation is 1. The van der Waals surface area contributed by atoms with E-state index in [-0.39, 0.29) is 10.7 Å². The number of halogens is 1. The molecule has 0 aliphatic heterocycles. The molecular weight excluding hydrogens is 368 g/mol. The zero-order chi connectivity index (χ0) is 18.6. The highest BCUT2D eigenvalue weighted by molar-refractivity contribution is 7.90. The quantitative estimate of drug-likeness (QED) is 0.514. The predicted octanol–water partition coefficient (Wildman–Crippen LogP) is 4.90. The maximum Gasteiger partial charge on any atom is 0.284 e. The highest BCUT2D eigenvalue weighted by Crippen LogP contribution is 2.22. The number of nitrogens with one attached hydrogen (secondary N) is 1. The SMILES string of the molecule is Cc1ccc(S(=O)(=O)N=C(Nc2ccccc2Cl)c2ccccc2)cc1. The van der Waals surface area contributed by atoms with Gasteiger partial charge in [0.15, 0.2) is 5.84 Å². The summed E-state index contributed by atoms with van der Waals surface area (Å²) >= 11 is 6.19. The first kappa shape index (κ1) is 18.2. The maximum atomic E-state index is 12.7. The van der Waals surface area contributed by atoms with Crippen molar-refractivity contribution in [2.24, 2.45) is 4.40 Å².